The predicted octanol–water partition coefficient (Wildman–Crippen LogP) is 1.45. The fraction of sp³-hybridized carbons (Fsp3) is 0.700. The minimum atomic E-state index is -0.865. The van der Waals surface area contributed by atoms with Crippen molar-refractivity contribution < 1.29 is 9.90 Å². The van der Waals surface area contributed by atoms with Gasteiger partial charge in [-0.1, -0.05) is 6.08 Å². The summed E-state index contributed by atoms with van der Waals surface area (Å²) in [5, 5.41) is 8.44. The van der Waals surface area contributed by atoms with Crippen LogP contribution in [0.4, 0.5) is 0 Å². The van der Waals surface area contributed by atoms with Crippen molar-refractivity contribution in [3.05, 3.63) is 12.2 Å². The summed E-state index contributed by atoms with van der Waals surface area (Å²) in [6.45, 7) is 7.28. The van der Waals surface area contributed by atoms with Gasteiger partial charge in [0.1, 0.15) is 0 Å². The van der Waals surface area contributed by atoms with Crippen molar-refractivity contribution in [2.75, 3.05) is 25.4 Å². The van der Waals surface area contributed by atoms with Gasteiger partial charge in [-0.05, 0) is 13.8 Å². The summed E-state index contributed by atoms with van der Waals surface area (Å²) >= 11 is 1.98. The second kappa shape index (κ2) is 4.84. The summed E-state index contributed by atoms with van der Waals surface area (Å²) in [4.78, 5) is 12.5. The van der Waals surface area contributed by atoms with E-state index in [4.69, 9.17) is 5.11 Å². The molecule has 0 aromatic carbocycles. The summed E-state index contributed by atoms with van der Waals surface area (Å²) in [6.07, 6.45) is 2.93. The van der Waals surface area contributed by atoms with Gasteiger partial charge in [0, 0.05) is 36.2 Å². The quantitative estimate of drug-likeness (QED) is 0.724. The largest absolute Gasteiger partial charge is 0.478 e. The number of carboxylic acid groups (broad SMARTS) is 1. The van der Waals surface area contributed by atoms with Crippen LogP contribution in [0.25, 0.3) is 0 Å². The zero-order valence-electron chi connectivity index (χ0n) is 8.69. The molecule has 0 aromatic heterocycles. The highest BCUT2D eigenvalue weighted by Gasteiger charge is 2.25. The molecule has 3 nitrogen and oxygen atoms in total. The zero-order chi connectivity index (χ0) is 10.6. The monoisotopic (exact) mass is 215 g/mol. The van der Waals surface area contributed by atoms with E-state index in [9.17, 15) is 4.79 Å². The molecule has 0 amide bonds. The van der Waals surface area contributed by atoms with Crippen LogP contribution in [0, 0.1) is 0 Å². The van der Waals surface area contributed by atoms with Gasteiger partial charge in [0.15, 0.2) is 0 Å². The van der Waals surface area contributed by atoms with Gasteiger partial charge in [0.25, 0.3) is 0 Å². The van der Waals surface area contributed by atoms with Crippen molar-refractivity contribution in [3.8, 4) is 0 Å². The van der Waals surface area contributed by atoms with Crippen LogP contribution >= 0.6 is 11.8 Å². The Labute approximate surface area is 89.2 Å². The molecule has 0 spiro atoms. The van der Waals surface area contributed by atoms with Crippen molar-refractivity contribution in [3.63, 3.8) is 0 Å². The number of thioether (sulfide) groups is 1. The molecular formula is C10H17NO2S. The molecule has 0 unspecified atom stereocenters. The summed E-state index contributed by atoms with van der Waals surface area (Å²) in [5.74, 6) is 0.268. The maximum absolute atomic E-state index is 10.3. The van der Waals surface area contributed by atoms with Crippen LogP contribution in [0.3, 0.4) is 0 Å². The van der Waals surface area contributed by atoms with Crippen molar-refractivity contribution in [1.29, 1.82) is 0 Å². The van der Waals surface area contributed by atoms with Gasteiger partial charge in [0.05, 0.1) is 0 Å². The van der Waals surface area contributed by atoms with Crippen LogP contribution in [-0.2, 0) is 4.79 Å². The summed E-state index contributed by atoms with van der Waals surface area (Å²) in [5.41, 5.74) is 0. The van der Waals surface area contributed by atoms with Crippen molar-refractivity contribution in [1.82, 2.24) is 4.90 Å². The molecule has 0 atom stereocenters. The zero-order valence-corrected chi connectivity index (χ0v) is 9.51. The Morgan fingerprint density at radius 1 is 1.64 bits per heavy atom. The van der Waals surface area contributed by atoms with E-state index < -0.39 is 5.97 Å². The molecule has 80 valence electrons. The van der Waals surface area contributed by atoms with Gasteiger partial charge in [-0.3, -0.25) is 4.90 Å². The predicted molar refractivity (Wildman–Crippen MR) is 59.8 cm³/mol. The highest BCUT2D eigenvalue weighted by Crippen LogP contribution is 2.29. The molecule has 1 heterocycles. The van der Waals surface area contributed by atoms with Crippen LogP contribution in [0.2, 0.25) is 0 Å². The fourth-order valence-corrected chi connectivity index (χ4v) is 2.75. The van der Waals surface area contributed by atoms with Gasteiger partial charge in [-0.15, -0.1) is 0 Å². The van der Waals surface area contributed by atoms with Crippen molar-refractivity contribution in [2.24, 2.45) is 0 Å². The van der Waals surface area contributed by atoms with E-state index in [-0.39, 0.29) is 0 Å². The first-order valence-corrected chi connectivity index (χ1v) is 5.74. The SMILES string of the molecule is CC1(C)CN(C/C=C/C(=O)O)CCS1. The van der Waals surface area contributed by atoms with E-state index >= 15 is 0 Å². The van der Waals surface area contributed by atoms with Crippen LogP contribution in [-0.4, -0.2) is 46.1 Å². The molecule has 1 saturated heterocycles. The Balaban J connectivity index is 2.35. The average Bonchev–Trinajstić information content (AvgIpc) is 2.01. The van der Waals surface area contributed by atoms with E-state index in [1.807, 2.05) is 11.8 Å². The van der Waals surface area contributed by atoms with Crippen LogP contribution < -0.4 is 0 Å². The summed E-state index contributed by atoms with van der Waals surface area (Å²) in [6, 6.07) is 0. The third-order valence-corrected chi connectivity index (χ3v) is 3.43. The Morgan fingerprint density at radius 2 is 2.36 bits per heavy atom. The minimum Gasteiger partial charge on any atom is -0.478 e. The van der Waals surface area contributed by atoms with E-state index in [1.165, 1.54) is 6.08 Å². The number of hydrogen-bond acceptors (Lipinski definition) is 3. The minimum absolute atomic E-state index is 0.301. The normalized spacial score (nSPS) is 22.7. The van der Waals surface area contributed by atoms with E-state index in [2.05, 4.69) is 18.7 Å². The number of rotatable bonds is 3. The highest BCUT2D eigenvalue weighted by atomic mass is 32.2. The third kappa shape index (κ3) is 4.15. The molecule has 0 saturated carbocycles. The number of carboxylic acids is 1. The standard InChI is InChI=1S/C10H17NO2S/c1-10(2)8-11(6-7-14-10)5-3-4-9(12)13/h3-4H,5-8H2,1-2H3,(H,12,13)/b4-3+. The topological polar surface area (TPSA) is 40.5 Å². The van der Waals surface area contributed by atoms with Gasteiger partial charge in [-0.2, -0.15) is 11.8 Å². The van der Waals surface area contributed by atoms with Gasteiger partial charge in [0.2, 0.25) is 0 Å². The average molecular weight is 215 g/mol. The molecule has 1 rings (SSSR count). The lowest BCUT2D eigenvalue weighted by Crippen LogP contribution is -2.43. The molecule has 1 fully saturated rings. The van der Waals surface area contributed by atoms with Gasteiger partial charge >= 0.3 is 5.97 Å². The molecule has 0 aliphatic carbocycles. The second-order valence-electron chi connectivity index (χ2n) is 4.08. The molecule has 1 aliphatic rings. The van der Waals surface area contributed by atoms with E-state index in [1.54, 1.807) is 6.08 Å². The molecule has 14 heavy (non-hydrogen) atoms. The Hall–Kier alpha value is -0.480. The van der Waals surface area contributed by atoms with Crippen LogP contribution in [0.5, 0.6) is 0 Å². The lowest BCUT2D eigenvalue weighted by atomic mass is 10.2. The smallest absolute Gasteiger partial charge is 0.328 e. The van der Waals surface area contributed by atoms with Crippen molar-refractivity contribution >= 4 is 17.7 Å². The molecule has 0 bridgehead atoms. The van der Waals surface area contributed by atoms with Gasteiger partial charge < -0.3 is 5.11 Å². The lowest BCUT2D eigenvalue weighted by molar-refractivity contribution is -0.131. The first-order chi connectivity index (χ1) is 6.49. The van der Waals surface area contributed by atoms with E-state index in [0.717, 1.165) is 25.4 Å². The Bertz CT molecular complexity index is 238. The molecule has 1 N–H and O–H groups in total. The van der Waals surface area contributed by atoms with Crippen LogP contribution in [0.15, 0.2) is 12.2 Å². The second-order valence-corrected chi connectivity index (χ2v) is 5.89. The highest BCUT2D eigenvalue weighted by molar-refractivity contribution is 8.00. The Morgan fingerprint density at radius 3 is 2.93 bits per heavy atom. The molecule has 0 aromatic rings. The summed E-state index contributed by atoms with van der Waals surface area (Å²) < 4.78 is 0.301. The first kappa shape index (κ1) is 11.6. The number of hydrogen-bond donors (Lipinski definition) is 1. The maximum atomic E-state index is 10.3. The number of aliphatic carboxylic acids is 1. The van der Waals surface area contributed by atoms with E-state index in [0.29, 0.717) is 4.75 Å². The fourth-order valence-electron chi connectivity index (χ4n) is 1.57. The van der Waals surface area contributed by atoms with Crippen LogP contribution in [0.1, 0.15) is 13.8 Å². The summed E-state index contributed by atoms with van der Waals surface area (Å²) in [7, 11) is 0. The van der Waals surface area contributed by atoms with Gasteiger partial charge in [-0.25, -0.2) is 4.79 Å². The van der Waals surface area contributed by atoms with Crippen molar-refractivity contribution in [2.45, 2.75) is 18.6 Å². The Kier molecular flexibility index (Phi) is 4.01. The molecular weight excluding hydrogens is 198 g/mol. The number of nitrogens with zero attached hydrogens (tertiary/aromatic N) is 1. The first-order valence-electron chi connectivity index (χ1n) is 4.75. The number of carbonyl (C=O) groups is 1. The maximum Gasteiger partial charge on any atom is 0.328 e. The lowest BCUT2D eigenvalue weighted by Gasteiger charge is -2.36. The molecule has 1 aliphatic heterocycles. The molecule has 0 radical (unpaired) electrons. The molecule has 4 heteroatoms. The third-order valence-electron chi connectivity index (χ3n) is 2.13.